The Morgan fingerprint density at radius 1 is 1.18 bits per heavy atom. The highest BCUT2D eigenvalue weighted by Gasteiger charge is 2.39. The van der Waals surface area contributed by atoms with E-state index in [9.17, 15) is 9.59 Å². The quantitative estimate of drug-likeness (QED) is 0.635. The molecule has 0 N–H and O–H groups in total. The summed E-state index contributed by atoms with van der Waals surface area (Å²) in [4.78, 5) is 31.0. The third-order valence-electron chi connectivity index (χ3n) is 6.05. The molecule has 3 atom stereocenters. The molecule has 1 aromatic carbocycles. The van der Waals surface area contributed by atoms with Gasteiger partial charge in [-0.2, -0.15) is 0 Å². The zero-order valence-electron chi connectivity index (χ0n) is 15.6. The van der Waals surface area contributed by atoms with Crippen molar-refractivity contribution in [2.75, 3.05) is 7.05 Å². The Balaban J connectivity index is 1.37. The van der Waals surface area contributed by atoms with Crippen molar-refractivity contribution in [2.24, 2.45) is 0 Å². The monoisotopic (exact) mass is 395 g/mol. The van der Waals surface area contributed by atoms with Gasteiger partial charge in [-0.25, -0.2) is 4.98 Å². The fraction of sp³-hybridized carbons (Fsp3) is 0.381. The molecule has 0 spiro atoms. The van der Waals surface area contributed by atoms with E-state index in [4.69, 9.17) is 4.74 Å². The van der Waals surface area contributed by atoms with Gasteiger partial charge in [0.15, 0.2) is 6.29 Å². The number of carbonyl (C=O) groups is 1. The van der Waals surface area contributed by atoms with Crippen molar-refractivity contribution in [3.63, 3.8) is 0 Å². The lowest BCUT2D eigenvalue weighted by Gasteiger charge is -2.36. The SMILES string of the molecule is CN1[C@@H]2CC[C@H]1C[C@H](Oc1ccc(-n3cnc4cc(C=O)sc4c3=O)cc1)C2. The molecule has 144 valence electrons. The van der Waals surface area contributed by atoms with Crippen LogP contribution in [0.2, 0.25) is 0 Å². The van der Waals surface area contributed by atoms with Gasteiger partial charge in [0.05, 0.1) is 16.1 Å². The van der Waals surface area contributed by atoms with E-state index in [2.05, 4.69) is 16.9 Å². The van der Waals surface area contributed by atoms with Crippen LogP contribution < -0.4 is 10.3 Å². The minimum atomic E-state index is -0.163. The van der Waals surface area contributed by atoms with Crippen LogP contribution in [-0.4, -0.2) is 46.0 Å². The molecule has 0 amide bonds. The molecule has 3 aromatic rings. The first-order valence-corrected chi connectivity index (χ1v) is 10.4. The molecule has 2 bridgehead atoms. The second-order valence-corrected chi connectivity index (χ2v) is 8.74. The number of nitrogens with zero attached hydrogens (tertiary/aromatic N) is 3. The highest BCUT2D eigenvalue weighted by molar-refractivity contribution is 7.20. The van der Waals surface area contributed by atoms with E-state index in [1.807, 2.05) is 24.3 Å². The number of aromatic nitrogens is 2. The third-order valence-corrected chi connectivity index (χ3v) is 7.08. The number of rotatable bonds is 4. The maximum atomic E-state index is 12.8. The molecule has 0 saturated carbocycles. The van der Waals surface area contributed by atoms with E-state index in [0.717, 1.165) is 30.6 Å². The standard InChI is InChI=1S/C21H21N3O3S/c1-23-14-2-3-15(23)9-17(8-14)27-16-6-4-13(5-7-16)24-12-22-19-10-18(11-25)28-20(19)21(24)26/h4-7,10-12,14-15,17H,2-3,8-9H2,1H3/t14-,15+,17-. The van der Waals surface area contributed by atoms with Crippen LogP contribution in [0.25, 0.3) is 15.9 Å². The van der Waals surface area contributed by atoms with Crippen molar-refractivity contribution in [2.45, 2.75) is 43.9 Å². The summed E-state index contributed by atoms with van der Waals surface area (Å²) in [5.41, 5.74) is 1.13. The van der Waals surface area contributed by atoms with Crippen LogP contribution in [0.15, 0.2) is 41.5 Å². The highest BCUT2D eigenvalue weighted by atomic mass is 32.1. The Kier molecular flexibility index (Phi) is 4.29. The van der Waals surface area contributed by atoms with Gasteiger partial charge in [0.2, 0.25) is 0 Å². The van der Waals surface area contributed by atoms with Gasteiger partial charge >= 0.3 is 0 Å². The molecule has 2 saturated heterocycles. The molecule has 2 fully saturated rings. The van der Waals surface area contributed by atoms with E-state index in [1.165, 1.54) is 35.1 Å². The van der Waals surface area contributed by atoms with Crippen molar-refractivity contribution in [1.29, 1.82) is 0 Å². The molecule has 2 aromatic heterocycles. The van der Waals surface area contributed by atoms with E-state index in [-0.39, 0.29) is 11.7 Å². The lowest BCUT2D eigenvalue weighted by molar-refractivity contribution is 0.0662. The molecular formula is C21H21N3O3S. The predicted octanol–water partition coefficient (Wildman–Crippen LogP) is 3.26. The summed E-state index contributed by atoms with van der Waals surface area (Å²) in [6.45, 7) is 0. The van der Waals surface area contributed by atoms with Crippen LogP contribution in [0.3, 0.4) is 0 Å². The molecule has 0 radical (unpaired) electrons. The van der Waals surface area contributed by atoms with Gasteiger partial charge in [0, 0.05) is 12.1 Å². The van der Waals surface area contributed by atoms with Crippen LogP contribution >= 0.6 is 11.3 Å². The first-order valence-electron chi connectivity index (χ1n) is 9.58. The second-order valence-electron chi connectivity index (χ2n) is 7.66. The summed E-state index contributed by atoms with van der Waals surface area (Å²) in [5.74, 6) is 0.833. The van der Waals surface area contributed by atoms with Crippen molar-refractivity contribution in [3.8, 4) is 11.4 Å². The maximum Gasteiger partial charge on any atom is 0.275 e. The van der Waals surface area contributed by atoms with Crippen LogP contribution in [0.1, 0.15) is 35.4 Å². The topological polar surface area (TPSA) is 64.4 Å². The first-order chi connectivity index (χ1) is 13.6. The normalized spacial score (nSPS) is 24.5. The van der Waals surface area contributed by atoms with Crippen LogP contribution in [-0.2, 0) is 0 Å². The van der Waals surface area contributed by atoms with Gasteiger partial charge in [0.25, 0.3) is 5.56 Å². The van der Waals surface area contributed by atoms with E-state index in [1.54, 1.807) is 6.07 Å². The molecule has 0 aliphatic carbocycles. The number of fused-ring (bicyclic) bond motifs is 3. The lowest BCUT2D eigenvalue weighted by Crippen LogP contribution is -2.43. The molecule has 28 heavy (non-hydrogen) atoms. The summed E-state index contributed by atoms with van der Waals surface area (Å²) < 4.78 is 8.23. The number of hydrogen-bond donors (Lipinski definition) is 0. The zero-order valence-corrected chi connectivity index (χ0v) is 16.4. The molecule has 7 heteroatoms. The smallest absolute Gasteiger partial charge is 0.275 e. The lowest BCUT2D eigenvalue weighted by atomic mass is 10.0. The third kappa shape index (κ3) is 2.95. The van der Waals surface area contributed by atoms with Gasteiger partial charge in [-0.05, 0) is 63.1 Å². The highest BCUT2D eigenvalue weighted by Crippen LogP contribution is 2.36. The fourth-order valence-corrected chi connectivity index (χ4v) is 5.36. The number of ether oxygens (including phenoxy) is 1. The molecule has 2 aliphatic rings. The maximum absolute atomic E-state index is 12.8. The first kappa shape index (κ1) is 17.6. The largest absolute Gasteiger partial charge is 0.490 e. The summed E-state index contributed by atoms with van der Waals surface area (Å²) in [6, 6.07) is 10.5. The number of hydrogen-bond acceptors (Lipinski definition) is 6. The van der Waals surface area contributed by atoms with Gasteiger partial charge in [0.1, 0.15) is 22.9 Å². The summed E-state index contributed by atoms with van der Waals surface area (Å²) >= 11 is 1.17. The van der Waals surface area contributed by atoms with Crippen molar-refractivity contribution < 1.29 is 9.53 Å². The molecule has 5 rings (SSSR count). The van der Waals surface area contributed by atoms with Crippen molar-refractivity contribution >= 4 is 27.8 Å². The van der Waals surface area contributed by atoms with Gasteiger partial charge in [-0.15, -0.1) is 11.3 Å². The number of benzene rings is 1. The molecule has 0 unspecified atom stereocenters. The van der Waals surface area contributed by atoms with E-state index >= 15 is 0 Å². The fourth-order valence-electron chi connectivity index (χ4n) is 4.51. The summed E-state index contributed by atoms with van der Waals surface area (Å²) in [7, 11) is 2.22. The Morgan fingerprint density at radius 2 is 1.89 bits per heavy atom. The number of piperidine rings is 1. The Morgan fingerprint density at radius 3 is 2.57 bits per heavy atom. The van der Waals surface area contributed by atoms with E-state index < -0.39 is 0 Å². The van der Waals surface area contributed by atoms with Crippen LogP contribution in [0, 0.1) is 0 Å². The molecular weight excluding hydrogens is 374 g/mol. The van der Waals surface area contributed by atoms with Crippen molar-refractivity contribution in [1.82, 2.24) is 14.5 Å². The van der Waals surface area contributed by atoms with Crippen LogP contribution in [0.4, 0.5) is 0 Å². The predicted molar refractivity (Wildman–Crippen MR) is 109 cm³/mol. The average molecular weight is 395 g/mol. The van der Waals surface area contributed by atoms with Gasteiger partial charge in [-0.1, -0.05) is 0 Å². The van der Waals surface area contributed by atoms with Crippen LogP contribution in [0.5, 0.6) is 5.75 Å². The van der Waals surface area contributed by atoms with E-state index in [0.29, 0.717) is 27.2 Å². The minimum absolute atomic E-state index is 0.163. The second kappa shape index (κ2) is 6.83. The molecule has 4 heterocycles. The summed E-state index contributed by atoms with van der Waals surface area (Å²) in [5, 5.41) is 0. The Hall–Kier alpha value is -2.51. The average Bonchev–Trinajstić information content (AvgIpc) is 3.21. The Bertz CT molecular complexity index is 1070. The summed E-state index contributed by atoms with van der Waals surface area (Å²) in [6.07, 6.45) is 7.21. The van der Waals surface area contributed by atoms with Crippen molar-refractivity contribution in [3.05, 3.63) is 51.9 Å². The zero-order chi connectivity index (χ0) is 19.3. The number of thiophene rings is 1. The minimum Gasteiger partial charge on any atom is -0.490 e. The van der Waals surface area contributed by atoms with Gasteiger partial charge in [-0.3, -0.25) is 14.2 Å². The molecule has 2 aliphatic heterocycles. The number of aldehydes is 1. The number of carbonyl (C=O) groups excluding carboxylic acids is 1. The Labute approximate surface area is 166 Å². The van der Waals surface area contributed by atoms with Gasteiger partial charge < -0.3 is 9.64 Å². The molecule has 6 nitrogen and oxygen atoms in total.